The molecule has 1 N–H and O–H groups in total. The van der Waals surface area contributed by atoms with Crippen molar-refractivity contribution in [1.82, 2.24) is 9.88 Å². The Balaban J connectivity index is 1.52. The molecular formula is C22H23N3O2S. The number of carbonyl (C=O) groups excluding carboxylic acids is 1. The van der Waals surface area contributed by atoms with Gasteiger partial charge in [0, 0.05) is 17.6 Å². The van der Waals surface area contributed by atoms with Crippen LogP contribution in [0.3, 0.4) is 0 Å². The molecule has 0 unspecified atom stereocenters. The predicted molar refractivity (Wildman–Crippen MR) is 112 cm³/mol. The second-order valence-electron chi connectivity index (χ2n) is 6.81. The first kappa shape index (κ1) is 18.5. The maximum Gasteiger partial charge on any atom is 0.257 e. The minimum atomic E-state index is -0.183. The summed E-state index contributed by atoms with van der Waals surface area (Å²) in [4.78, 5) is 19.3. The van der Waals surface area contributed by atoms with Crippen LogP contribution in [-0.4, -0.2) is 22.3 Å². The summed E-state index contributed by atoms with van der Waals surface area (Å²) < 4.78 is 5.84. The Hall–Kier alpha value is -2.86. The molecule has 144 valence electrons. The third-order valence-corrected chi connectivity index (χ3v) is 5.56. The zero-order valence-corrected chi connectivity index (χ0v) is 16.8. The molecule has 0 bridgehead atoms. The van der Waals surface area contributed by atoms with Gasteiger partial charge in [0.2, 0.25) is 0 Å². The lowest BCUT2D eigenvalue weighted by molar-refractivity contribution is 0.0683. The summed E-state index contributed by atoms with van der Waals surface area (Å²) in [6.07, 6.45) is 0.720. The molecule has 1 amide bonds. The number of nitrogens with one attached hydrogen (secondary N) is 1. The van der Waals surface area contributed by atoms with Crippen LogP contribution in [0.5, 0.6) is 5.75 Å². The number of para-hydroxylation sites is 1. The van der Waals surface area contributed by atoms with Gasteiger partial charge in [-0.15, -0.1) is 11.3 Å². The van der Waals surface area contributed by atoms with Crippen LogP contribution in [0.15, 0.2) is 53.9 Å². The number of aryl methyl sites for hydroxylation is 1. The standard InChI is InChI=1S/C22H23N3O2S/c1-3-12-25-21(24-20-7-5-4-6-19(20)22(25)26)16-8-10-18(11-9-16)27-13-17-14-28-15(2)23-17/h4-11,14,21,24H,3,12-13H2,1-2H3/t21-/m0/s1. The fraction of sp³-hybridized carbons (Fsp3) is 0.273. The number of fused-ring (bicyclic) bond motifs is 1. The number of aromatic nitrogens is 1. The van der Waals surface area contributed by atoms with Crippen molar-refractivity contribution >= 4 is 22.9 Å². The van der Waals surface area contributed by atoms with Crippen LogP contribution in [0.1, 0.15) is 46.1 Å². The molecule has 3 aromatic rings. The Morgan fingerprint density at radius 2 is 1.96 bits per heavy atom. The van der Waals surface area contributed by atoms with E-state index in [-0.39, 0.29) is 12.1 Å². The SMILES string of the molecule is CCCN1C(=O)c2ccccc2N[C@@H]1c1ccc(OCc2csc(C)n2)cc1. The van der Waals surface area contributed by atoms with Crippen molar-refractivity contribution in [2.75, 3.05) is 11.9 Å². The molecule has 1 aliphatic heterocycles. The largest absolute Gasteiger partial charge is 0.487 e. The van der Waals surface area contributed by atoms with E-state index < -0.39 is 0 Å². The van der Waals surface area contributed by atoms with Crippen LogP contribution in [0.4, 0.5) is 5.69 Å². The molecule has 4 rings (SSSR count). The van der Waals surface area contributed by atoms with Gasteiger partial charge in [-0.2, -0.15) is 0 Å². The number of benzene rings is 2. The first-order chi connectivity index (χ1) is 13.7. The summed E-state index contributed by atoms with van der Waals surface area (Å²) in [5.74, 6) is 0.861. The summed E-state index contributed by atoms with van der Waals surface area (Å²) in [7, 11) is 0. The van der Waals surface area contributed by atoms with Crippen LogP contribution < -0.4 is 10.1 Å². The lowest BCUT2D eigenvalue weighted by atomic mass is 10.0. The van der Waals surface area contributed by atoms with Crippen molar-refractivity contribution in [2.24, 2.45) is 0 Å². The van der Waals surface area contributed by atoms with Gasteiger partial charge in [0.05, 0.1) is 16.3 Å². The molecule has 0 aliphatic carbocycles. The fourth-order valence-electron chi connectivity index (χ4n) is 3.41. The number of hydrogen-bond donors (Lipinski definition) is 1. The molecule has 0 saturated carbocycles. The Labute approximate surface area is 169 Å². The Morgan fingerprint density at radius 3 is 2.68 bits per heavy atom. The Morgan fingerprint density at radius 1 is 1.18 bits per heavy atom. The van der Waals surface area contributed by atoms with Gasteiger partial charge >= 0.3 is 0 Å². The number of carbonyl (C=O) groups is 1. The predicted octanol–water partition coefficient (Wildman–Crippen LogP) is 5.01. The highest BCUT2D eigenvalue weighted by Gasteiger charge is 2.32. The van der Waals surface area contributed by atoms with E-state index in [1.165, 1.54) is 0 Å². The average Bonchev–Trinajstić information content (AvgIpc) is 3.14. The second kappa shape index (κ2) is 8.02. The molecule has 2 heterocycles. The van der Waals surface area contributed by atoms with Gasteiger partial charge in [0.25, 0.3) is 5.91 Å². The number of anilines is 1. The summed E-state index contributed by atoms with van der Waals surface area (Å²) in [6.45, 7) is 5.23. The number of ether oxygens (including phenoxy) is 1. The first-order valence-electron chi connectivity index (χ1n) is 9.46. The van der Waals surface area contributed by atoms with Crippen molar-refractivity contribution in [3.05, 3.63) is 75.7 Å². The van der Waals surface area contributed by atoms with Gasteiger partial charge in [-0.25, -0.2) is 4.98 Å². The van der Waals surface area contributed by atoms with E-state index in [0.29, 0.717) is 13.2 Å². The molecular weight excluding hydrogens is 370 g/mol. The van der Waals surface area contributed by atoms with Crippen LogP contribution in [0, 0.1) is 6.92 Å². The normalized spacial score (nSPS) is 15.9. The van der Waals surface area contributed by atoms with Gasteiger partial charge in [0.15, 0.2) is 0 Å². The van der Waals surface area contributed by atoms with E-state index in [4.69, 9.17) is 4.74 Å². The minimum absolute atomic E-state index is 0.0698. The number of rotatable bonds is 6. The number of amides is 1. The highest BCUT2D eigenvalue weighted by molar-refractivity contribution is 7.09. The van der Waals surface area contributed by atoms with E-state index in [1.54, 1.807) is 11.3 Å². The monoisotopic (exact) mass is 393 g/mol. The summed E-state index contributed by atoms with van der Waals surface area (Å²) in [5, 5.41) is 6.57. The Bertz CT molecular complexity index is 968. The number of nitrogens with zero attached hydrogens (tertiary/aromatic N) is 2. The molecule has 0 fully saturated rings. The lowest BCUT2D eigenvalue weighted by Gasteiger charge is -2.38. The van der Waals surface area contributed by atoms with Gasteiger partial charge in [-0.05, 0) is 43.2 Å². The van der Waals surface area contributed by atoms with E-state index in [9.17, 15) is 4.79 Å². The zero-order chi connectivity index (χ0) is 19.5. The van der Waals surface area contributed by atoms with Crippen LogP contribution in [-0.2, 0) is 6.61 Å². The summed E-state index contributed by atoms with van der Waals surface area (Å²) in [5.41, 5.74) is 3.58. The zero-order valence-electron chi connectivity index (χ0n) is 16.0. The molecule has 1 aromatic heterocycles. The third-order valence-electron chi connectivity index (χ3n) is 4.74. The molecule has 5 nitrogen and oxygen atoms in total. The maximum atomic E-state index is 13.0. The molecule has 0 radical (unpaired) electrons. The van der Waals surface area contributed by atoms with E-state index in [2.05, 4.69) is 17.2 Å². The number of hydrogen-bond acceptors (Lipinski definition) is 5. The fourth-order valence-corrected chi connectivity index (χ4v) is 4.00. The van der Waals surface area contributed by atoms with Gasteiger partial charge in [-0.1, -0.05) is 31.2 Å². The first-order valence-corrected chi connectivity index (χ1v) is 10.3. The quantitative estimate of drug-likeness (QED) is 0.640. The highest BCUT2D eigenvalue weighted by Crippen LogP contribution is 2.33. The molecule has 1 atom stereocenters. The van der Waals surface area contributed by atoms with E-state index >= 15 is 0 Å². The van der Waals surface area contributed by atoms with Crippen molar-refractivity contribution in [3.63, 3.8) is 0 Å². The molecule has 0 saturated heterocycles. The molecule has 1 aliphatic rings. The molecule has 2 aromatic carbocycles. The molecule has 28 heavy (non-hydrogen) atoms. The smallest absolute Gasteiger partial charge is 0.257 e. The summed E-state index contributed by atoms with van der Waals surface area (Å²) in [6, 6.07) is 15.6. The van der Waals surface area contributed by atoms with Crippen LogP contribution in [0.25, 0.3) is 0 Å². The average molecular weight is 394 g/mol. The second-order valence-corrected chi connectivity index (χ2v) is 7.87. The molecule has 6 heteroatoms. The van der Waals surface area contributed by atoms with Gasteiger partial charge < -0.3 is 15.0 Å². The highest BCUT2D eigenvalue weighted by atomic mass is 32.1. The third kappa shape index (κ3) is 3.73. The van der Waals surface area contributed by atoms with Crippen LogP contribution >= 0.6 is 11.3 Å². The number of thiazole rings is 1. The minimum Gasteiger partial charge on any atom is -0.487 e. The van der Waals surface area contributed by atoms with Gasteiger partial charge in [-0.3, -0.25) is 4.79 Å². The van der Waals surface area contributed by atoms with Crippen molar-refractivity contribution in [1.29, 1.82) is 0 Å². The topological polar surface area (TPSA) is 54.5 Å². The molecule has 0 spiro atoms. The Kier molecular flexibility index (Phi) is 5.30. The van der Waals surface area contributed by atoms with E-state index in [1.807, 2.05) is 65.7 Å². The van der Waals surface area contributed by atoms with Crippen molar-refractivity contribution in [3.8, 4) is 5.75 Å². The summed E-state index contributed by atoms with van der Waals surface area (Å²) >= 11 is 1.62. The van der Waals surface area contributed by atoms with Crippen molar-refractivity contribution < 1.29 is 9.53 Å². The van der Waals surface area contributed by atoms with E-state index in [0.717, 1.165) is 39.7 Å². The van der Waals surface area contributed by atoms with Crippen molar-refractivity contribution in [2.45, 2.75) is 33.0 Å². The maximum absolute atomic E-state index is 13.0. The lowest BCUT2D eigenvalue weighted by Crippen LogP contribution is -2.43. The van der Waals surface area contributed by atoms with Gasteiger partial charge in [0.1, 0.15) is 18.5 Å². The van der Waals surface area contributed by atoms with Crippen LogP contribution in [0.2, 0.25) is 0 Å².